The average molecular weight is 238 g/mol. The first-order valence-corrected chi connectivity index (χ1v) is 6.23. The van der Waals surface area contributed by atoms with Gasteiger partial charge in [0.2, 0.25) is 5.95 Å². The van der Waals surface area contributed by atoms with E-state index >= 15 is 0 Å². The summed E-state index contributed by atoms with van der Waals surface area (Å²) >= 11 is 0. The normalized spacial score (nSPS) is 24.5. The number of methoxy groups -OCH3 is 1. The van der Waals surface area contributed by atoms with Gasteiger partial charge in [-0.1, -0.05) is 6.92 Å². The van der Waals surface area contributed by atoms with Gasteiger partial charge in [0, 0.05) is 51.8 Å². The molecule has 0 bridgehead atoms. The second-order valence-electron chi connectivity index (χ2n) is 4.81. The first kappa shape index (κ1) is 12.4. The van der Waals surface area contributed by atoms with Crippen molar-refractivity contribution in [1.29, 1.82) is 0 Å². The minimum Gasteiger partial charge on any atom is -0.385 e. The monoisotopic (exact) mass is 238 g/mol. The maximum Gasteiger partial charge on any atom is 0.205 e. The second-order valence-corrected chi connectivity index (χ2v) is 4.81. The molecule has 1 saturated heterocycles. The number of nitrogens with zero attached hydrogens (tertiary/aromatic N) is 3. The van der Waals surface area contributed by atoms with E-state index in [-0.39, 0.29) is 6.04 Å². The number of hydrogen-bond donors (Lipinski definition) is 1. The molecule has 5 heteroatoms. The van der Waals surface area contributed by atoms with Crippen molar-refractivity contribution < 1.29 is 4.74 Å². The van der Waals surface area contributed by atoms with Crippen molar-refractivity contribution in [3.05, 3.63) is 12.4 Å². The first-order valence-electron chi connectivity index (χ1n) is 6.23. The standard InChI is InChI=1S/C12H22N4O/c1-10-8-16(9-11(10)13)12-14-4-6-15(12)5-3-7-17-2/h4,6,10-11H,3,5,7-9,13H2,1-2H3. The average Bonchev–Trinajstić information content (AvgIpc) is 2.87. The van der Waals surface area contributed by atoms with Crippen LogP contribution in [0.25, 0.3) is 0 Å². The van der Waals surface area contributed by atoms with E-state index < -0.39 is 0 Å². The number of rotatable bonds is 5. The van der Waals surface area contributed by atoms with Crippen LogP contribution in [0.4, 0.5) is 5.95 Å². The highest BCUT2D eigenvalue weighted by atomic mass is 16.5. The summed E-state index contributed by atoms with van der Waals surface area (Å²) in [6, 6.07) is 0.263. The molecule has 5 nitrogen and oxygen atoms in total. The molecule has 17 heavy (non-hydrogen) atoms. The zero-order valence-corrected chi connectivity index (χ0v) is 10.7. The zero-order chi connectivity index (χ0) is 12.3. The highest BCUT2D eigenvalue weighted by Gasteiger charge is 2.28. The quantitative estimate of drug-likeness (QED) is 0.767. The third kappa shape index (κ3) is 2.79. The smallest absolute Gasteiger partial charge is 0.205 e. The van der Waals surface area contributed by atoms with Crippen molar-refractivity contribution in [2.75, 3.05) is 31.7 Å². The van der Waals surface area contributed by atoms with E-state index in [1.54, 1.807) is 7.11 Å². The zero-order valence-electron chi connectivity index (χ0n) is 10.7. The van der Waals surface area contributed by atoms with Gasteiger partial charge in [0.05, 0.1) is 0 Å². The Bertz CT molecular complexity index is 342. The largest absolute Gasteiger partial charge is 0.385 e. The van der Waals surface area contributed by atoms with Crippen molar-refractivity contribution in [3.8, 4) is 0 Å². The van der Waals surface area contributed by atoms with Crippen LogP contribution in [-0.4, -0.2) is 42.4 Å². The van der Waals surface area contributed by atoms with Crippen molar-refractivity contribution in [2.45, 2.75) is 25.9 Å². The third-order valence-electron chi connectivity index (χ3n) is 3.39. The first-order chi connectivity index (χ1) is 8.22. The molecule has 1 fully saturated rings. The Kier molecular flexibility index (Phi) is 4.02. The number of aryl methyl sites for hydroxylation is 1. The summed E-state index contributed by atoms with van der Waals surface area (Å²) in [7, 11) is 1.73. The van der Waals surface area contributed by atoms with Gasteiger partial charge < -0.3 is 19.9 Å². The van der Waals surface area contributed by atoms with Gasteiger partial charge in [-0.2, -0.15) is 0 Å². The molecule has 0 aliphatic carbocycles. The molecule has 1 aromatic heterocycles. The Morgan fingerprint density at radius 2 is 2.35 bits per heavy atom. The highest BCUT2D eigenvalue weighted by molar-refractivity contribution is 5.34. The van der Waals surface area contributed by atoms with Crippen molar-refractivity contribution in [3.63, 3.8) is 0 Å². The van der Waals surface area contributed by atoms with Gasteiger partial charge in [0.1, 0.15) is 0 Å². The molecular weight excluding hydrogens is 216 g/mol. The summed E-state index contributed by atoms with van der Waals surface area (Å²) < 4.78 is 7.26. The van der Waals surface area contributed by atoms with Gasteiger partial charge in [-0.15, -0.1) is 0 Å². The van der Waals surface area contributed by atoms with E-state index in [4.69, 9.17) is 10.5 Å². The molecule has 0 saturated carbocycles. The lowest BCUT2D eigenvalue weighted by Crippen LogP contribution is -2.29. The molecule has 2 N–H and O–H groups in total. The Morgan fingerprint density at radius 3 is 3.00 bits per heavy atom. The Labute approximate surface area is 103 Å². The van der Waals surface area contributed by atoms with Gasteiger partial charge in [-0.05, 0) is 12.3 Å². The van der Waals surface area contributed by atoms with E-state index in [0.29, 0.717) is 5.92 Å². The van der Waals surface area contributed by atoms with Crippen LogP contribution in [0, 0.1) is 5.92 Å². The minimum atomic E-state index is 0.263. The van der Waals surface area contributed by atoms with Gasteiger partial charge in [-0.25, -0.2) is 4.98 Å². The van der Waals surface area contributed by atoms with E-state index in [2.05, 4.69) is 21.4 Å². The molecule has 2 atom stereocenters. The third-order valence-corrected chi connectivity index (χ3v) is 3.39. The molecular formula is C12H22N4O. The van der Waals surface area contributed by atoms with Crippen LogP contribution in [0.15, 0.2) is 12.4 Å². The van der Waals surface area contributed by atoms with Crippen LogP contribution in [-0.2, 0) is 11.3 Å². The van der Waals surface area contributed by atoms with Crippen molar-refractivity contribution in [1.82, 2.24) is 9.55 Å². The maximum absolute atomic E-state index is 6.05. The summed E-state index contributed by atoms with van der Waals surface area (Å²) in [6.07, 6.45) is 4.89. The lowest BCUT2D eigenvalue weighted by atomic mass is 10.1. The van der Waals surface area contributed by atoms with Crippen LogP contribution >= 0.6 is 0 Å². The molecule has 0 amide bonds. The summed E-state index contributed by atoms with van der Waals surface area (Å²) in [6.45, 7) is 5.84. The number of nitrogens with two attached hydrogens (primary N) is 1. The molecule has 2 unspecified atom stereocenters. The molecule has 2 rings (SSSR count). The summed E-state index contributed by atoms with van der Waals surface area (Å²) in [5.74, 6) is 1.58. The molecule has 0 aromatic carbocycles. The topological polar surface area (TPSA) is 56.3 Å². The molecule has 1 aliphatic rings. The number of anilines is 1. The molecule has 1 aromatic rings. The van der Waals surface area contributed by atoms with Crippen LogP contribution in [0.5, 0.6) is 0 Å². The number of imidazole rings is 1. The maximum atomic E-state index is 6.05. The Balaban J connectivity index is 1.99. The summed E-state index contributed by atoms with van der Waals surface area (Å²) in [5, 5.41) is 0. The predicted octanol–water partition coefficient (Wildman–Crippen LogP) is 0.703. The number of aromatic nitrogens is 2. The molecule has 96 valence electrons. The van der Waals surface area contributed by atoms with E-state index in [0.717, 1.165) is 38.6 Å². The van der Waals surface area contributed by atoms with Crippen LogP contribution in [0.3, 0.4) is 0 Å². The Morgan fingerprint density at radius 1 is 1.53 bits per heavy atom. The van der Waals surface area contributed by atoms with E-state index in [9.17, 15) is 0 Å². The van der Waals surface area contributed by atoms with Gasteiger partial charge in [0.15, 0.2) is 0 Å². The van der Waals surface area contributed by atoms with Gasteiger partial charge in [0.25, 0.3) is 0 Å². The predicted molar refractivity (Wildman–Crippen MR) is 68.1 cm³/mol. The van der Waals surface area contributed by atoms with E-state index in [1.807, 2.05) is 12.4 Å². The van der Waals surface area contributed by atoms with Crippen molar-refractivity contribution in [2.24, 2.45) is 11.7 Å². The fourth-order valence-corrected chi connectivity index (χ4v) is 2.29. The molecule has 0 spiro atoms. The van der Waals surface area contributed by atoms with E-state index in [1.165, 1.54) is 0 Å². The van der Waals surface area contributed by atoms with Crippen molar-refractivity contribution >= 4 is 5.95 Å². The molecule has 0 radical (unpaired) electrons. The SMILES string of the molecule is COCCCn1ccnc1N1CC(C)C(N)C1. The molecule has 2 heterocycles. The summed E-state index contributed by atoms with van der Waals surface area (Å²) in [5.41, 5.74) is 6.05. The van der Waals surface area contributed by atoms with Gasteiger partial charge in [-0.3, -0.25) is 0 Å². The summed E-state index contributed by atoms with van der Waals surface area (Å²) in [4.78, 5) is 6.72. The van der Waals surface area contributed by atoms with Gasteiger partial charge >= 0.3 is 0 Å². The van der Waals surface area contributed by atoms with Crippen LogP contribution < -0.4 is 10.6 Å². The number of hydrogen-bond acceptors (Lipinski definition) is 4. The lowest BCUT2D eigenvalue weighted by Gasteiger charge is -2.18. The highest BCUT2D eigenvalue weighted by Crippen LogP contribution is 2.21. The lowest BCUT2D eigenvalue weighted by molar-refractivity contribution is 0.190. The van der Waals surface area contributed by atoms with Crippen LogP contribution in [0.2, 0.25) is 0 Å². The fourth-order valence-electron chi connectivity index (χ4n) is 2.29. The minimum absolute atomic E-state index is 0.263. The number of ether oxygens (including phenoxy) is 1. The van der Waals surface area contributed by atoms with Crippen LogP contribution in [0.1, 0.15) is 13.3 Å². The fraction of sp³-hybridized carbons (Fsp3) is 0.750. The molecule has 1 aliphatic heterocycles. The second kappa shape index (κ2) is 5.51. The Hall–Kier alpha value is -1.07.